The number of nitrogens with one attached hydrogen (secondary N) is 2. The van der Waals surface area contributed by atoms with Gasteiger partial charge in [0.2, 0.25) is 0 Å². The van der Waals surface area contributed by atoms with Gasteiger partial charge in [-0.25, -0.2) is 19.6 Å². The SMILES string of the molecule is Cc1cc(C)c2c(c1)NC(N)(c1ccc(-c3nn(Cc4cnc[nH]4)c4ncnc(N)c34)cc1)O2. The van der Waals surface area contributed by atoms with Crippen molar-refractivity contribution in [2.75, 3.05) is 11.1 Å². The van der Waals surface area contributed by atoms with Crippen molar-refractivity contribution in [3.63, 3.8) is 0 Å². The third-order valence-electron chi connectivity index (χ3n) is 6.02. The summed E-state index contributed by atoms with van der Waals surface area (Å²) in [6.45, 7) is 4.54. The number of anilines is 2. The van der Waals surface area contributed by atoms with Crippen LogP contribution in [0.1, 0.15) is 22.4 Å². The topological polar surface area (TPSA) is 146 Å². The lowest BCUT2D eigenvalue weighted by molar-refractivity contribution is 0.125. The molecule has 0 aliphatic carbocycles. The van der Waals surface area contributed by atoms with Crippen LogP contribution in [-0.2, 0) is 12.4 Å². The van der Waals surface area contributed by atoms with Crippen LogP contribution in [0.2, 0.25) is 0 Å². The van der Waals surface area contributed by atoms with Crippen LogP contribution in [0.4, 0.5) is 11.5 Å². The summed E-state index contributed by atoms with van der Waals surface area (Å²) in [5.41, 5.74) is 19.8. The van der Waals surface area contributed by atoms with Crippen LogP contribution < -0.4 is 21.5 Å². The summed E-state index contributed by atoms with van der Waals surface area (Å²) in [5, 5.41) is 8.82. The van der Waals surface area contributed by atoms with Crippen molar-refractivity contribution in [1.82, 2.24) is 29.7 Å². The lowest BCUT2D eigenvalue weighted by Gasteiger charge is -2.25. The standard InChI is InChI=1S/C24H23N9O/c1-13-7-14(2)21-18(8-13)31-24(26,34-21)16-5-3-15(4-6-16)20-19-22(25)29-12-30-23(19)33(32-20)10-17-9-27-11-28-17/h3-9,11-12,31H,10,26H2,1-2H3,(H,27,28)(H2,25,29,30). The fourth-order valence-corrected chi connectivity index (χ4v) is 4.45. The Labute approximate surface area is 195 Å². The van der Waals surface area contributed by atoms with E-state index in [9.17, 15) is 0 Å². The zero-order valence-corrected chi connectivity index (χ0v) is 18.7. The van der Waals surface area contributed by atoms with E-state index in [-0.39, 0.29) is 0 Å². The minimum atomic E-state index is -1.16. The van der Waals surface area contributed by atoms with Gasteiger partial charge in [0, 0.05) is 17.3 Å². The third kappa shape index (κ3) is 3.15. The van der Waals surface area contributed by atoms with Gasteiger partial charge in [0.05, 0.1) is 29.6 Å². The molecule has 0 saturated carbocycles. The summed E-state index contributed by atoms with van der Waals surface area (Å²) in [6.07, 6.45) is 4.83. The maximum atomic E-state index is 6.63. The van der Waals surface area contributed by atoms with Crippen molar-refractivity contribution in [1.29, 1.82) is 0 Å². The van der Waals surface area contributed by atoms with E-state index in [2.05, 4.69) is 31.3 Å². The second-order valence-electron chi connectivity index (χ2n) is 8.54. The van der Waals surface area contributed by atoms with Crippen LogP contribution in [0.5, 0.6) is 5.75 Å². The Morgan fingerprint density at radius 3 is 2.71 bits per heavy atom. The number of hydrogen-bond acceptors (Lipinski definition) is 8. The quantitative estimate of drug-likeness (QED) is 0.325. The number of hydrogen-bond donors (Lipinski definition) is 4. The van der Waals surface area contributed by atoms with Crippen molar-refractivity contribution >= 4 is 22.5 Å². The Bertz CT molecular complexity index is 1520. The highest BCUT2D eigenvalue weighted by Gasteiger charge is 2.38. The monoisotopic (exact) mass is 453 g/mol. The summed E-state index contributed by atoms with van der Waals surface area (Å²) < 4.78 is 7.95. The maximum absolute atomic E-state index is 6.63. The number of nitrogen functional groups attached to an aromatic ring is 1. The zero-order chi connectivity index (χ0) is 23.4. The number of fused-ring (bicyclic) bond motifs is 2. The Balaban J connectivity index is 1.37. The van der Waals surface area contributed by atoms with Crippen LogP contribution in [0.15, 0.2) is 55.2 Å². The average Bonchev–Trinajstić information content (AvgIpc) is 3.53. The molecule has 1 atom stereocenters. The second-order valence-corrected chi connectivity index (χ2v) is 8.54. The van der Waals surface area contributed by atoms with Crippen LogP contribution in [0.25, 0.3) is 22.3 Å². The average molecular weight is 454 g/mol. The third-order valence-corrected chi connectivity index (χ3v) is 6.02. The molecule has 0 radical (unpaired) electrons. The summed E-state index contributed by atoms with van der Waals surface area (Å²) in [5.74, 6) is -0.0215. The fraction of sp³-hybridized carbons (Fsp3) is 0.167. The molecule has 170 valence electrons. The van der Waals surface area contributed by atoms with Gasteiger partial charge in [0.25, 0.3) is 5.85 Å². The lowest BCUT2D eigenvalue weighted by Crippen LogP contribution is -2.46. The van der Waals surface area contributed by atoms with Crippen LogP contribution in [0, 0.1) is 13.8 Å². The summed E-state index contributed by atoms with van der Waals surface area (Å²) >= 11 is 0. The predicted molar refractivity (Wildman–Crippen MR) is 129 cm³/mol. The van der Waals surface area contributed by atoms with Crippen LogP contribution in [0.3, 0.4) is 0 Å². The summed E-state index contributed by atoms with van der Waals surface area (Å²) in [7, 11) is 0. The Hall–Kier alpha value is -4.44. The van der Waals surface area contributed by atoms with Gasteiger partial charge in [-0.05, 0) is 31.0 Å². The smallest absolute Gasteiger partial charge is 0.263 e. The normalized spacial score (nSPS) is 16.9. The molecule has 5 aromatic rings. The first-order valence-electron chi connectivity index (χ1n) is 10.8. The molecular weight excluding hydrogens is 430 g/mol. The maximum Gasteiger partial charge on any atom is 0.263 e. The Morgan fingerprint density at radius 2 is 1.94 bits per heavy atom. The Kier molecular flexibility index (Phi) is 4.33. The highest BCUT2D eigenvalue weighted by molar-refractivity contribution is 5.98. The van der Waals surface area contributed by atoms with Gasteiger partial charge in [-0.1, -0.05) is 30.3 Å². The number of ether oxygens (including phenoxy) is 1. The van der Waals surface area contributed by atoms with E-state index >= 15 is 0 Å². The van der Waals surface area contributed by atoms with E-state index in [0.29, 0.717) is 29.1 Å². The van der Waals surface area contributed by atoms with Gasteiger partial charge in [-0.15, -0.1) is 0 Å². The fourth-order valence-electron chi connectivity index (χ4n) is 4.45. The van der Waals surface area contributed by atoms with Gasteiger partial charge >= 0.3 is 0 Å². The molecule has 2 aromatic carbocycles. The van der Waals surface area contributed by atoms with E-state index in [1.165, 1.54) is 6.33 Å². The summed E-state index contributed by atoms with van der Waals surface area (Å²) in [6, 6.07) is 11.9. The minimum absolute atomic E-state index is 0.373. The van der Waals surface area contributed by atoms with Crippen molar-refractivity contribution in [2.24, 2.45) is 5.73 Å². The van der Waals surface area contributed by atoms with E-state index in [1.807, 2.05) is 44.2 Å². The molecule has 0 fully saturated rings. The largest absolute Gasteiger partial charge is 0.448 e. The molecule has 6 rings (SSSR count). The molecular formula is C24H23N9O. The first-order valence-corrected chi connectivity index (χ1v) is 10.8. The molecule has 0 saturated heterocycles. The van der Waals surface area contributed by atoms with Gasteiger partial charge in [0.1, 0.15) is 17.8 Å². The lowest BCUT2D eigenvalue weighted by atomic mass is 10.0. The van der Waals surface area contributed by atoms with Gasteiger partial charge in [0.15, 0.2) is 11.4 Å². The number of nitrogens with zero attached hydrogens (tertiary/aromatic N) is 5. The van der Waals surface area contributed by atoms with E-state index in [1.54, 1.807) is 17.2 Å². The Morgan fingerprint density at radius 1 is 1.12 bits per heavy atom. The number of benzene rings is 2. The molecule has 3 aromatic heterocycles. The number of rotatable bonds is 4. The highest BCUT2D eigenvalue weighted by atomic mass is 16.5. The first-order chi connectivity index (χ1) is 16.4. The number of nitrogens with two attached hydrogens (primary N) is 2. The van der Waals surface area contributed by atoms with Gasteiger partial charge in [-0.3, -0.25) is 5.73 Å². The van der Waals surface area contributed by atoms with E-state index < -0.39 is 5.85 Å². The van der Waals surface area contributed by atoms with E-state index in [4.69, 9.17) is 21.3 Å². The van der Waals surface area contributed by atoms with Gasteiger partial charge in [-0.2, -0.15) is 5.10 Å². The molecule has 6 N–H and O–H groups in total. The number of imidazole rings is 1. The number of aromatic nitrogens is 6. The van der Waals surface area contributed by atoms with Crippen molar-refractivity contribution in [3.8, 4) is 17.0 Å². The number of aryl methyl sites for hydroxylation is 2. The molecule has 1 aliphatic rings. The number of H-pyrrole nitrogens is 1. The predicted octanol–water partition coefficient (Wildman–Crippen LogP) is 3.04. The first kappa shape index (κ1) is 20.2. The molecule has 34 heavy (non-hydrogen) atoms. The molecule has 0 amide bonds. The molecule has 1 unspecified atom stereocenters. The zero-order valence-electron chi connectivity index (χ0n) is 18.7. The van der Waals surface area contributed by atoms with Crippen LogP contribution in [-0.4, -0.2) is 29.7 Å². The molecule has 1 aliphatic heterocycles. The van der Waals surface area contributed by atoms with Crippen LogP contribution >= 0.6 is 0 Å². The molecule has 0 spiro atoms. The van der Waals surface area contributed by atoms with Gasteiger partial charge < -0.3 is 20.8 Å². The second kappa shape index (κ2) is 7.29. The number of aromatic amines is 1. The molecule has 0 bridgehead atoms. The van der Waals surface area contributed by atoms with Crippen molar-refractivity contribution < 1.29 is 4.74 Å². The molecule has 10 heteroatoms. The minimum Gasteiger partial charge on any atom is -0.448 e. The van der Waals surface area contributed by atoms with Crippen molar-refractivity contribution in [2.45, 2.75) is 26.2 Å². The highest BCUT2D eigenvalue weighted by Crippen LogP contribution is 2.42. The molecule has 4 heterocycles. The van der Waals surface area contributed by atoms with E-state index in [0.717, 1.165) is 39.4 Å². The molecule has 10 nitrogen and oxygen atoms in total. The van der Waals surface area contributed by atoms with Crippen molar-refractivity contribution in [3.05, 3.63) is 77.6 Å². The summed E-state index contributed by atoms with van der Waals surface area (Å²) in [4.78, 5) is 15.8.